The molecule has 3 nitrogen and oxygen atoms in total. The number of halogens is 1. The second-order valence-electron chi connectivity index (χ2n) is 5.92. The Morgan fingerprint density at radius 3 is 2.25 bits per heavy atom. The second-order valence-corrected chi connectivity index (χ2v) is 6.32. The molecule has 0 saturated carbocycles. The molecule has 0 aliphatic carbocycles. The standard InChI is InChI=1S/C19H24FN3S/c1-4-14-5-7-15(8-6-14)18(23(2)3)13-21-19(24)22-17-11-9-16(20)10-12-17/h5-12,18H,4,13H2,1-3H3,(H2,21,22,24)/t18-/m0/s1. The highest BCUT2D eigenvalue weighted by Crippen LogP contribution is 2.18. The van der Waals surface area contributed by atoms with E-state index in [-0.39, 0.29) is 11.9 Å². The minimum Gasteiger partial charge on any atom is -0.361 e. The molecule has 2 aromatic rings. The van der Waals surface area contributed by atoms with Crippen molar-refractivity contribution in [3.8, 4) is 0 Å². The Bertz CT molecular complexity index is 653. The van der Waals surface area contributed by atoms with E-state index in [1.165, 1.54) is 23.3 Å². The summed E-state index contributed by atoms with van der Waals surface area (Å²) in [4.78, 5) is 2.16. The van der Waals surface area contributed by atoms with Gasteiger partial charge in [0.1, 0.15) is 5.82 Å². The van der Waals surface area contributed by atoms with Gasteiger partial charge in [-0.3, -0.25) is 0 Å². The van der Waals surface area contributed by atoms with Crippen LogP contribution in [0, 0.1) is 5.82 Å². The minimum atomic E-state index is -0.261. The smallest absolute Gasteiger partial charge is 0.170 e. The van der Waals surface area contributed by atoms with E-state index in [9.17, 15) is 4.39 Å². The van der Waals surface area contributed by atoms with Crippen molar-refractivity contribution in [2.24, 2.45) is 0 Å². The van der Waals surface area contributed by atoms with E-state index >= 15 is 0 Å². The molecule has 0 aliphatic heterocycles. The van der Waals surface area contributed by atoms with E-state index in [1.54, 1.807) is 12.1 Å². The van der Waals surface area contributed by atoms with Crippen molar-refractivity contribution < 1.29 is 4.39 Å². The number of nitrogens with one attached hydrogen (secondary N) is 2. The lowest BCUT2D eigenvalue weighted by Crippen LogP contribution is -2.36. The zero-order valence-corrected chi connectivity index (χ0v) is 15.2. The zero-order chi connectivity index (χ0) is 17.5. The lowest BCUT2D eigenvalue weighted by molar-refractivity contribution is 0.299. The molecule has 5 heteroatoms. The average Bonchev–Trinajstić information content (AvgIpc) is 2.57. The third-order valence-electron chi connectivity index (χ3n) is 3.95. The Morgan fingerprint density at radius 2 is 1.71 bits per heavy atom. The van der Waals surface area contributed by atoms with E-state index in [4.69, 9.17) is 12.2 Å². The monoisotopic (exact) mass is 345 g/mol. The van der Waals surface area contributed by atoms with Gasteiger partial charge in [-0.15, -0.1) is 0 Å². The summed E-state index contributed by atoms with van der Waals surface area (Å²) in [5.74, 6) is -0.261. The van der Waals surface area contributed by atoms with Gasteiger partial charge in [0.05, 0.1) is 6.04 Å². The minimum absolute atomic E-state index is 0.212. The van der Waals surface area contributed by atoms with E-state index in [0.717, 1.165) is 12.1 Å². The van der Waals surface area contributed by atoms with Gasteiger partial charge in [0.25, 0.3) is 0 Å². The molecule has 1 atom stereocenters. The normalized spacial score (nSPS) is 12.0. The molecular formula is C19H24FN3S. The van der Waals surface area contributed by atoms with Crippen LogP contribution in [0.3, 0.4) is 0 Å². The Labute approximate surface area is 148 Å². The van der Waals surface area contributed by atoms with E-state index < -0.39 is 0 Å². The molecule has 0 fully saturated rings. The van der Waals surface area contributed by atoms with Gasteiger partial charge in [-0.05, 0) is 68.1 Å². The summed E-state index contributed by atoms with van der Waals surface area (Å²) in [5, 5.41) is 6.83. The molecule has 0 unspecified atom stereocenters. The van der Waals surface area contributed by atoms with Crippen LogP contribution in [0.1, 0.15) is 24.1 Å². The predicted molar refractivity (Wildman–Crippen MR) is 103 cm³/mol. The van der Waals surface area contributed by atoms with E-state index in [2.05, 4.69) is 60.8 Å². The van der Waals surface area contributed by atoms with Crippen molar-refractivity contribution in [2.45, 2.75) is 19.4 Å². The number of hydrogen-bond acceptors (Lipinski definition) is 2. The average molecular weight is 345 g/mol. The van der Waals surface area contributed by atoms with Gasteiger partial charge < -0.3 is 15.5 Å². The Kier molecular flexibility index (Phi) is 6.70. The van der Waals surface area contributed by atoms with E-state index in [1.807, 2.05) is 0 Å². The quantitative estimate of drug-likeness (QED) is 0.775. The first kappa shape index (κ1) is 18.4. The van der Waals surface area contributed by atoms with Crippen LogP contribution in [0.5, 0.6) is 0 Å². The maximum Gasteiger partial charge on any atom is 0.170 e. The lowest BCUT2D eigenvalue weighted by Gasteiger charge is -2.26. The molecule has 0 aromatic heterocycles. The molecule has 0 spiro atoms. The van der Waals surface area contributed by atoms with E-state index in [0.29, 0.717) is 11.7 Å². The lowest BCUT2D eigenvalue weighted by atomic mass is 10.0. The van der Waals surface area contributed by atoms with Crippen LogP contribution < -0.4 is 10.6 Å². The number of thiocarbonyl (C=S) groups is 1. The Balaban J connectivity index is 1.95. The third kappa shape index (κ3) is 5.28. The maximum absolute atomic E-state index is 12.9. The van der Waals surface area contributed by atoms with Crippen LogP contribution in [0.15, 0.2) is 48.5 Å². The summed E-state index contributed by atoms with van der Waals surface area (Å²) in [6, 6.07) is 15.0. The fourth-order valence-electron chi connectivity index (χ4n) is 2.47. The van der Waals surface area contributed by atoms with Crippen LogP contribution in [0.25, 0.3) is 0 Å². The first-order chi connectivity index (χ1) is 11.5. The van der Waals surface area contributed by atoms with Crippen molar-refractivity contribution in [3.63, 3.8) is 0 Å². The number of rotatable bonds is 6. The molecule has 2 rings (SSSR count). The number of anilines is 1. The van der Waals surface area contributed by atoms with Gasteiger partial charge in [0.15, 0.2) is 5.11 Å². The summed E-state index contributed by atoms with van der Waals surface area (Å²) in [6.45, 7) is 2.84. The van der Waals surface area contributed by atoms with Gasteiger partial charge in [-0.2, -0.15) is 0 Å². The largest absolute Gasteiger partial charge is 0.361 e. The fraction of sp³-hybridized carbons (Fsp3) is 0.316. The van der Waals surface area contributed by atoms with Crippen molar-refractivity contribution in [3.05, 3.63) is 65.5 Å². The van der Waals surface area contributed by atoms with Crippen molar-refractivity contribution in [1.82, 2.24) is 10.2 Å². The summed E-state index contributed by atoms with van der Waals surface area (Å²) in [5.41, 5.74) is 3.34. The summed E-state index contributed by atoms with van der Waals surface area (Å²) in [7, 11) is 4.10. The fourth-order valence-corrected chi connectivity index (χ4v) is 2.67. The van der Waals surface area contributed by atoms with Gasteiger partial charge in [-0.25, -0.2) is 4.39 Å². The van der Waals surface area contributed by atoms with Crippen molar-refractivity contribution in [1.29, 1.82) is 0 Å². The molecule has 2 aromatic carbocycles. The Morgan fingerprint density at radius 1 is 1.08 bits per heavy atom. The highest BCUT2D eigenvalue weighted by atomic mass is 32.1. The number of likely N-dealkylation sites (N-methyl/N-ethyl adjacent to an activating group) is 1. The topological polar surface area (TPSA) is 27.3 Å². The van der Waals surface area contributed by atoms with Gasteiger partial charge >= 0.3 is 0 Å². The van der Waals surface area contributed by atoms with Crippen LogP contribution in [-0.2, 0) is 6.42 Å². The number of aryl methyl sites for hydroxylation is 1. The van der Waals surface area contributed by atoms with Crippen molar-refractivity contribution in [2.75, 3.05) is 26.0 Å². The summed E-state index contributed by atoms with van der Waals surface area (Å²) in [6.07, 6.45) is 1.04. The second kappa shape index (κ2) is 8.76. The highest BCUT2D eigenvalue weighted by molar-refractivity contribution is 7.80. The number of nitrogens with zero attached hydrogens (tertiary/aromatic N) is 1. The number of hydrogen-bond donors (Lipinski definition) is 2. The molecule has 0 saturated heterocycles. The molecule has 24 heavy (non-hydrogen) atoms. The third-order valence-corrected chi connectivity index (χ3v) is 4.20. The van der Waals surface area contributed by atoms with Gasteiger partial charge in [-0.1, -0.05) is 31.2 Å². The predicted octanol–water partition coefficient (Wildman–Crippen LogP) is 3.98. The van der Waals surface area contributed by atoms with Crippen molar-refractivity contribution >= 4 is 23.0 Å². The highest BCUT2D eigenvalue weighted by Gasteiger charge is 2.14. The Hall–Kier alpha value is -1.98. The molecule has 0 bridgehead atoms. The van der Waals surface area contributed by atoms with Gasteiger partial charge in [0.2, 0.25) is 0 Å². The molecule has 0 radical (unpaired) electrons. The summed E-state index contributed by atoms with van der Waals surface area (Å²) < 4.78 is 12.9. The molecule has 128 valence electrons. The first-order valence-electron chi connectivity index (χ1n) is 8.05. The van der Waals surface area contributed by atoms with Crippen LogP contribution in [-0.4, -0.2) is 30.7 Å². The molecule has 0 aliphatic rings. The van der Waals surface area contributed by atoms with Gasteiger partial charge in [0, 0.05) is 12.2 Å². The van der Waals surface area contributed by atoms with Crippen LogP contribution in [0.2, 0.25) is 0 Å². The summed E-state index contributed by atoms with van der Waals surface area (Å²) >= 11 is 5.33. The molecule has 0 amide bonds. The van der Waals surface area contributed by atoms with Crippen LogP contribution in [0.4, 0.5) is 10.1 Å². The first-order valence-corrected chi connectivity index (χ1v) is 8.46. The molecular weight excluding hydrogens is 321 g/mol. The number of benzene rings is 2. The zero-order valence-electron chi connectivity index (χ0n) is 14.3. The SMILES string of the molecule is CCc1ccc([C@H](CNC(=S)Nc2ccc(F)cc2)N(C)C)cc1. The maximum atomic E-state index is 12.9. The van der Waals surface area contributed by atoms with Crippen LogP contribution >= 0.6 is 12.2 Å². The molecule has 0 heterocycles. The molecule has 2 N–H and O–H groups in total.